The molecule has 29 heavy (non-hydrogen) atoms. The number of rotatable bonds is 9. The summed E-state index contributed by atoms with van der Waals surface area (Å²) < 4.78 is 10.8. The van der Waals surface area contributed by atoms with Crippen LogP contribution < -0.4 is 10.6 Å². The number of carbonyl (C=O) groups excluding carboxylic acids is 1. The van der Waals surface area contributed by atoms with Crippen molar-refractivity contribution in [3.05, 3.63) is 24.2 Å². The number of nitrogens with one attached hydrogen (secondary N) is 2. The van der Waals surface area contributed by atoms with Gasteiger partial charge in [0, 0.05) is 64.7 Å². The molecule has 1 unspecified atom stereocenters. The lowest BCUT2D eigenvalue weighted by Crippen LogP contribution is -2.45. The molecule has 1 aromatic rings. The van der Waals surface area contributed by atoms with Gasteiger partial charge in [0.05, 0.1) is 19.5 Å². The average molecular weight is 406 g/mol. The molecule has 0 spiro atoms. The monoisotopic (exact) mass is 405 g/mol. The van der Waals surface area contributed by atoms with Gasteiger partial charge in [0.15, 0.2) is 5.96 Å². The van der Waals surface area contributed by atoms with Gasteiger partial charge in [-0.25, -0.2) is 0 Å². The first kappa shape index (κ1) is 21.6. The maximum Gasteiger partial charge on any atom is 0.222 e. The summed E-state index contributed by atoms with van der Waals surface area (Å²) in [5.74, 6) is 2.02. The van der Waals surface area contributed by atoms with Gasteiger partial charge in [0.25, 0.3) is 0 Å². The molecule has 0 aliphatic carbocycles. The van der Waals surface area contributed by atoms with Crippen LogP contribution in [0.25, 0.3) is 0 Å². The standard InChI is InChI=1S/C21H35N5O3/c1-2-20(27)26-11-7-18(17-26)24-21(23-9-6-19-5-3-14-29-19)22-8-4-10-25-12-15-28-16-13-25/h3,5,14,18H,2,4,6-13,15-17H2,1H3,(H2,22,23,24). The van der Waals surface area contributed by atoms with Crippen LogP contribution in [0.1, 0.15) is 31.9 Å². The van der Waals surface area contributed by atoms with E-state index in [1.165, 1.54) is 0 Å². The molecule has 2 saturated heterocycles. The molecule has 2 aliphatic heterocycles. The number of morpholine rings is 1. The van der Waals surface area contributed by atoms with Crippen LogP contribution in [0.2, 0.25) is 0 Å². The van der Waals surface area contributed by atoms with E-state index in [1.54, 1.807) is 6.26 Å². The van der Waals surface area contributed by atoms with Crippen LogP contribution in [0, 0.1) is 0 Å². The third-order valence-corrected chi connectivity index (χ3v) is 5.43. The Hall–Kier alpha value is -2.06. The molecule has 2 aliphatic rings. The van der Waals surface area contributed by atoms with Crippen LogP contribution in [0.3, 0.4) is 0 Å². The molecule has 1 atom stereocenters. The third-order valence-electron chi connectivity index (χ3n) is 5.43. The highest BCUT2D eigenvalue weighted by atomic mass is 16.5. The molecule has 8 heteroatoms. The first-order valence-corrected chi connectivity index (χ1v) is 10.9. The number of hydrogen-bond acceptors (Lipinski definition) is 5. The number of guanidine groups is 1. The fourth-order valence-electron chi connectivity index (χ4n) is 3.74. The van der Waals surface area contributed by atoms with Crippen LogP contribution in [0.5, 0.6) is 0 Å². The lowest BCUT2D eigenvalue weighted by molar-refractivity contribution is -0.129. The Kier molecular flexibility index (Phi) is 8.82. The SMILES string of the molecule is CCC(=O)N1CCC(NC(=NCCCN2CCOCC2)NCCc2ccco2)C1. The molecule has 1 amide bonds. The molecule has 0 radical (unpaired) electrons. The number of furan rings is 1. The Morgan fingerprint density at radius 1 is 1.31 bits per heavy atom. The quantitative estimate of drug-likeness (QED) is 0.364. The van der Waals surface area contributed by atoms with Gasteiger partial charge in [-0.15, -0.1) is 0 Å². The number of hydrogen-bond donors (Lipinski definition) is 2. The van der Waals surface area contributed by atoms with Crippen LogP contribution in [-0.4, -0.2) is 86.7 Å². The highest BCUT2D eigenvalue weighted by Crippen LogP contribution is 2.10. The molecule has 162 valence electrons. The summed E-state index contributed by atoms with van der Waals surface area (Å²) in [5.41, 5.74) is 0. The van der Waals surface area contributed by atoms with Crippen molar-refractivity contribution in [3.63, 3.8) is 0 Å². The number of amides is 1. The van der Waals surface area contributed by atoms with E-state index in [0.717, 1.165) is 90.0 Å². The van der Waals surface area contributed by atoms with E-state index >= 15 is 0 Å². The van der Waals surface area contributed by atoms with Gasteiger partial charge in [-0.3, -0.25) is 14.7 Å². The minimum atomic E-state index is 0.226. The van der Waals surface area contributed by atoms with Crippen molar-refractivity contribution in [1.29, 1.82) is 0 Å². The minimum Gasteiger partial charge on any atom is -0.469 e. The molecule has 3 heterocycles. The van der Waals surface area contributed by atoms with E-state index in [4.69, 9.17) is 14.1 Å². The lowest BCUT2D eigenvalue weighted by Gasteiger charge is -2.26. The van der Waals surface area contributed by atoms with E-state index in [-0.39, 0.29) is 11.9 Å². The second-order valence-electron chi connectivity index (χ2n) is 7.62. The summed E-state index contributed by atoms with van der Waals surface area (Å²) in [5, 5.41) is 6.95. The van der Waals surface area contributed by atoms with Gasteiger partial charge in [0.1, 0.15) is 5.76 Å². The molecule has 1 aromatic heterocycles. The van der Waals surface area contributed by atoms with E-state index in [9.17, 15) is 4.79 Å². The number of carbonyl (C=O) groups is 1. The van der Waals surface area contributed by atoms with Crippen LogP contribution in [-0.2, 0) is 16.0 Å². The van der Waals surface area contributed by atoms with Gasteiger partial charge in [-0.05, 0) is 25.0 Å². The van der Waals surface area contributed by atoms with E-state index in [0.29, 0.717) is 6.42 Å². The summed E-state index contributed by atoms with van der Waals surface area (Å²) in [6, 6.07) is 4.14. The second-order valence-corrected chi connectivity index (χ2v) is 7.62. The Labute approximate surface area is 173 Å². The van der Waals surface area contributed by atoms with Crippen LogP contribution in [0.4, 0.5) is 0 Å². The Morgan fingerprint density at radius 2 is 2.17 bits per heavy atom. The number of aliphatic imine (C=N–C) groups is 1. The molecular weight excluding hydrogens is 370 g/mol. The summed E-state index contributed by atoms with van der Waals surface area (Å²) in [4.78, 5) is 21.1. The van der Waals surface area contributed by atoms with Gasteiger partial charge in [-0.1, -0.05) is 6.92 Å². The molecule has 8 nitrogen and oxygen atoms in total. The summed E-state index contributed by atoms with van der Waals surface area (Å²) >= 11 is 0. The van der Waals surface area contributed by atoms with Crippen molar-refractivity contribution in [3.8, 4) is 0 Å². The maximum absolute atomic E-state index is 11.9. The maximum atomic E-state index is 11.9. The third kappa shape index (κ3) is 7.36. The topological polar surface area (TPSA) is 82.3 Å². The number of likely N-dealkylation sites (tertiary alicyclic amines) is 1. The van der Waals surface area contributed by atoms with Crippen LogP contribution in [0.15, 0.2) is 27.8 Å². The largest absolute Gasteiger partial charge is 0.469 e. The fraction of sp³-hybridized carbons (Fsp3) is 0.714. The van der Waals surface area contributed by atoms with Gasteiger partial charge >= 0.3 is 0 Å². The van der Waals surface area contributed by atoms with Gasteiger partial charge < -0.3 is 24.7 Å². The van der Waals surface area contributed by atoms with E-state index in [2.05, 4.69) is 15.5 Å². The number of ether oxygens (including phenoxy) is 1. The average Bonchev–Trinajstić information content (AvgIpc) is 3.43. The van der Waals surface area contributed by atoms with Crippen molar-refractivity contribution < 1.29 is 13.9 Å². The molecule has 2 fully saturated rings. The zero-order valence-corrected chi connectivity index (χ0v) is 17.6. The van der Waals surface area contributed by atoms with Crippen LogP contribution >= 0.6 is 0 Å². The predicted octanol–water partition coefficient (Wildman–Crippen LogP) is 1.09. The predicted molar refractivity (Wildman–Crippen MR) is 113 cm³/mol. The fourth-order valence-corrected chi connectivity index (χ4v) is 3.74. The first-order valence-electron chi connectivity index (χ1n) is 10.9. The smallest absolute Gasteiger partial charge is 0.222 e. The minimum absolute atomic E-state index is 0.226. The second kappa shape index (κ2) is 11.8. The highest BCUT2D eigenvalue weighted by Gasteiger charge is 2.25. The Bertz CT molecular complexity index is 628. The molecule has 3 rings (SSSR count). The molecule has 2 N–H and O–H groups in total. The highest BCUT2D eigenvalue weighted by molar-refractivity contribution is 5.80. The number of nitrogens with zero attached hydrogens (tertiary/aromatic N) is 3. The molecular formula is C21H35N5O3. The summed E-state index contributed by atoms with van der Waals surface area (Å²) in [6.07, 6.45) is 5.06. The Morgan fingerprint density at radius 3 is 2.93 bits per heavy atom. The van der Waals surface area contributed by atoms with E-state index in [1.807, 2.05) is 24.0 Å². The normalized spacial score (nSPS) is 20.8. The molecule has 0 bridgehead atoms. The van der Waals surface area contributed by atoms with Crippen molar-refractivity contribution >= 4 is 11.9 Å². The Balaban J connectivity index is 1.46. The van der Waals surface area contributed by atoms with Crippen molar-refractivity contribution in [2.45, 2.75) is 38.6 Å². The zero-order valence-electron chi connectivity index (χ0n) is 17.6. The zero-order chi connectivity index (χ0) is 20.3. The lowest BCUT2D eigenvalue weighted by atomic mass is 10.2. The van der Waals surface area contributed by atoms with Gasteiger partial charge in [-0.2, -0.15) is 0 Å². The summed E-state index contributed by atoms with van der Waals surface area (Å²) in [6.45, 7) is 9.76. The molecule has 0 aromatic carbocycles. The van der Waals surface area contributed by atoms with Gasteiger partial charge in [0.2, 0.25) is 5.91 Å². The summed E-state index contributed by atoms with van der Waals surface area (Å²) in [7, 11) is 0. The van der Waals surface area contributed by atoms with Crippen molar-refractivity contribution in [2.75, 3.05) is 59.0 Å². The van der Waals surface area contributed by atoms with E-state index < -0.39 is 0 Å². The first-order chi connectivity index (χ1) is 14.2. The van der Waals surface area contributed by atoms with Crippen molar-refractivity contribution in [1.82, 2.24) is 20.4 Å². The molecule has 0 saturated carbocycles. The van der Waals surface area contributed by atoms with Crippen molar-refractivity contribution in [2.24, 2.45) is 4.99 Å².